The van der Waals surface area contributed by atoms with Crippen LogP contribution in [0.5, 0.6) is 0 Å². The molecule has 7 heteroatoms. The Morgan fingerprint density at radius 1 is 1.10 bits per heavy atom. The summed E-state index contributed by atoms with van der Waals surface area (Å²) >= 11 is 2.23. The topological polar surface area (TPSA) is 74.0 Å². The number of fused-ring (bicyclic) bond motifs is 1. The first-order chi connectivity index (χ1) is 14.8. The van der Waals surface area contributed by atoms with Gasteiger partial charge in [-0.1, -0.05) is 51.4 Å². The maximum atomic E-state index is 13.0. The van der Waals surface area contributed by atoms with Gasteiger partial charge in [-0.3, -0.25) is 4.98 Å². The second-order valence-electron chi connectivity index (χ2n) is 8.34. The molecule has 2 aromatic carbocycles. The van der Waals surface area contributed by atoms with E-state index in [0.29, 0.717) is 12.0 Å². The molecule has 5 nitrogen and oxygen atoms in total. The molecule has 0 aliphatic heterocycles. The van der Waals surface area contributed by atoms with Crippen molar-refractivity contribution in [1.82, 2.24) is 14.9 Å². The van der Waals surface area contributed by atoms with Crippen molar-refractivity contribution in [1.29, 1.82) is 0 Å². The standard InChI is InChI=1S/C24H24BrN3O2S/c1-24(2,3)31(29)28-21(15-17-8-6-7-13-26-17)18-9-4-5-10-19(18)23-20-12-11-16(25)14-22(20)30-27-23/h4-14,21,28H,15H2,1-3H3/t21?,31-/m0/s1. The third-order valence-corrected chi connectivity index (χ3v) is 7.07. The van der Waals surface area contributed by atoms with Crippen molar-refractivity contribution < 1.29 is 9.08 Å². The zero-order valence-corrected chi connectivity index (χ0v) is 20.0. The summed E-state index contributed by atoms with van der Waals surface area (Å²) in [5.41, 5.74) is 4.36. The van der Waals surface area contributed by atoms with Crippen molar-refractivity contribution in [2.24, 2.45) is 0 Å². The molecule has 31 heavy (non-hydrogen) atoms. The fourth-order valence-corrected chi connectivity index (χ4v) is 4.53. The van der Waals surface area contributed by atoms with Crippen LogP contribution in [-0.4, -0.2) is 19.4 Å². The number of benzene rings is 2. The van der Waals surface area contributed by atoms with Crippen molar-refractivity contribution >= 4 is 38.3 Å². The van der Waals surface area contributed by atoms with Gasteiger partial charge in [-0.05, 0) is 56.7 Å². The molecule has 1 N–H and O–H groups in total. The molecule has 0 radical (unpaired) electrons. The van der Waals surface area contributed by atoms with E-state index in [2.05, 4.69) is 36.9 Å². The summed E-state index contributed by atoms with van der Waals surface area (Å²) in [5.74, 6) is 0. The van der Waals surface area contributed by atoms with Gasteiger partial charge in [0.25, 0.3) is 0 Å². The van der Waals surface area contributed by atoms with Gasteiger partial charge in [0.15, 0.2) is 5.58 Å². The predicted molar refractivity (Wildman–Crippen MR) is 129 cm³/mol. The number of pyridine rings is 1. The third-order valence-electron chi connectivity index (χ3n) is 4.97. The highest BCUT2D eigenvalue weighted by molar-refractivity contribution is 9.10. The normalized spacial score (nSPS) is 14.0. The summed E-state index contributed by atoms with van der Waals surface area (Å²) in [7, 11) is 0. The first-order valence-corrected chi connectivity index (χ1v) is 12.0. The van der Waals surface area contributed by atoms with Crippen LogP contribution in [0, 0.1) is 0 Å². The summed E-state index contributed by atoms with van der Waals surface area (Å²) in [5, 5.41) is 5.30. The number of nitrogens with one attached hydrogen (secondary N) is 1. The number of halogens is 1. The number of hydrogen-bond acceptors (Lipinski definition) is 5. The van der Waals surface area contributed by atoms with Gasteiger partial charge >= 0.3 is 0 Å². The summed E-state index contributed by atoms with van der Waals surface area (Å²) in [6.45, 7) is 5.88. The van der Waals surface area contributed by atoms with Crippen LogP contribution < -0.4 is 4.72 Å². The van der Waals surface area contributed by atoms with Crippen LogP contribution in [0.15, 0.2) is 75.9 Å². The second-order valence-corrected chi connectivity index (χ2v) is 11.2. The van der Waals surface area contributed by atoms with Crippen LogP contribution in [0.1, 0.15) is 38.1 Å². The zero-order chi connectivity index (χ0) is 22.0. The molecule has 4 rings (SSSR count). The van der Waals surface area contributed by atoms with Gasteiger partial charge in [0.05, 0.1) is 6.04 Å². The minimum atomic E-state index is -1.25. The van der Waals surface area contributed by atoms with E-state index in [0.717, 1.165) is 32.4 Å². The Balaban J connectivity index is 1.79. The Bertz CT molecular complexity index is 1170. The van der Waals surface area contributed by atoms with Gasteiger partial charge in [-0.2, -0.15) is 0 Å². The molecular formula is C24H24BrN3O2S. The van der Waals surface area contributed by atoms with Gasteiger partial charge in [-0.25, -0.2) is 0 Å². The number of hydrogen-bond donors (Lipinski definition) is 1. The van der Waals surface area contributed by atoms with Crippen molar-refractivity contribution in [3.05, 3.63) is 82.6 Å². The molecule has 0 saturated heterocycles. The van der Waals surface area contributed by atoms with E-state index in [1.54, 1.807) is 6.20 Å². The van der Waals surface area contributed by atoms with Crippen molar-refractivity contribution in [2.45, 2.75) is 38.0 Å². The highest BCUT2D eigenvalue weighted by atomic mass is 79.9. The second kappa shape index (κ2) is 9.12. The van der Waals surface area contributed by atoms with E-state index in [-0.39, 0.29) is 6.04 Å². The van der Waals surface area contributed by atoms with Gasteiger partial charge in [0, 0.05) is 45.1 Å². The van der Waals surface area contributed by atoms with Crippen LogP contribution >= 0.6 is 15.9 Å². The average molecular weight is 498 g/mol. The molecule has 0 spiro atoms. The van der Waals surface area contributed by atoms with Crippen molar-refractivity contribution in [2.75, 3.05) is 0 Å². The van der Waals surface area contributed by atoms with Gasteiger partial charge < -0.3 is 9.08 Å². The number of nitrogens with zero attached hydrogens (tertiary/aromatic N) is 2. The molecule has 0 amide bonds. The summed E-state index contributed by atoms with van der Waals surface area (Å²) in [4.78, 5) is 4.49. The average Bonchev–Trinajstić information content (AvgIpc) is 3.16. The lowest BCUT2D eigenvalue weighted by Gasteiger charge is -2.29. The molecule has 2 heterocycles. The number of aromatic nitrogens is 2. The zero-order valence-electron chi connectivity index (χ0n) is 17.6. The Morgan fingerprint density at radius 3 is 2.61 bits per heavy atom. The summed E-state index contributed by atoms with van der Waals surface area (Å²) in [6.07, 6.45) is 2.38. The van der Waals surface area contributed by atoms with Crippen LogP contribution in [0.3, 0.4) is 0 Å². The fourth-order valence-electron chi connectivity index (χ4n) is 3.37. The Labute approximate surface area is 193 Å². The molecule has 2 atom stereocenters. The van der Waals surface area contributed by atoms with Crippen LogP contribution in [0.2, 0.25) is 0 Å². The quantitative estimate of drug-likeness (QED) is 0.331. The Kier molecular flexibility index (Phi) is 6.48. The lowest BCUT2D eigenvalue weighted by atomic mass is 9.94. The van der Waals surface area contributed by atoms with Crippen molar-refractivity contribution in [3.8, 4) is 11.3 Å². The fraction of sp³-hybridized carbons (Fsp3) is 0.250. The van der Waals surface area contributed by atoms with E-state index in [9.17, 15) is 4.55 Å². The van der Waals surface area contributed by atoms with E-state index in [1.807, 2.05) is 75.4 Å². The lowest BCUT2D eigenvalue weighted by molar-refractivity contribution is 0.459. The molecule has 0 aliphatic carbocycles. The van der Waals surface area contributed by atoms with Gasteiger partial charge in [0.2, 0.25) is 0 Å². The molecule has 0 aliphatic rings. The van der Waals surface area contributed by atoms with E-state index >= 15 is 0 Å². The maximum absolute atomic E-state index is 13.0. The Hall–Kier alpha value is -2.19. The highest BCUT2D eigenvalue weighted by Crippen LogP contribution is 2.35. The molecule has 1 unspecified atom stereocenters. The molecular weight excluding hydrogens is 474 g/mol. The van der Waals surface area contributed by atoms with Crippen LogP contribution in [0.4, 0.5) is 0 Å². The largest absolute Gasteiger partial charge is 0.598 e. The minimum Gasteiger partial charge on any atom is -0.598 e. The lowest BCUT2D eigenvalue weighted by Crippen LogP contribution is -2.42. The van der Waals surface area contributed by atoms with E-state index in [4.69, 9.17) is 4.52 Å². The SMILES string of the molecule is CC(C)(C)[S@+]([O-])NC(Cc1ccccn1)c1ccccc1-c1noc2cc(Br)ccc12. The smallest absolute Gasteiger partial charge is 0.168 e. The third kappa shape index (κ3) is 5.01. The molecule has 0 fully saturated rings. The van der Waals surface area contributed by atoms with Crippen molar-refractivity contribution in [3.63, 3.8) is 0 Å². The Morgan fingerprint density at radius 2 is 1.87 bits per heavy atom. The monoisotopic (exact) mass is 497 g/mol. The first-order valence-electron chi connectivity index (χ1n) is 10.0. The van der Waals surface area contributed by atoms with Gasteiger partial charge in [0.1, 0.15) is 10.4 Å². The molecule has 0 saturated carbocycles. The molecule has 160 valence electrons. The van der Waals surface area contributed by atoms with Crippen LogP contribution in [-0.2, 0) is 17.8 Å². The minimum absolute atomic E-state index is 0.214. The summed E-state index contributed by atoms with van der Waals surface area (Å²) < 4.78 is 22.5. The van der Waals surface area contributed by atoms with Crippen LogP contribution in [0.25, 0.3) is 22.2 Å². The van der Waals surface area contributed by atoms with E-state index in [1.165, 1.54) is 0 Å². The number of rotatable bonds is 6. The van der Waals surface area contributed by atoms with Gasteiger partial charge in [-0.15, -0.1) is 4.72 Å². The molecule has 2 aromatic heterocycles. The molecule has 4 aromatic rings. The highest BCUT2D eigenvalue weighted by Gasteiger charge is 2.31. The maximum Gasteiger partial charge on any atom is 0.168 e. The predicted octanol–water partition coefficient (Wildman–Crippen LogP) is 5.99. The van der Waals surface area contributed by atoms with E-state index < -0.39 is 16.1 Å². The summed E-state index contributed by atoms with van der Waals surface area (Å²) in [6, 6.07) is 19.6. The molecule has 0 bridgehead atoms. The first kappa shape index (κ1) is 22.0.